The van der Waals surface area contributed by atoms with Gasteiger partial charge < -0.3 is 16.4 Å². The third-order valence-electron chi connectivity index (χ3n) is 2.94. The van der Waals surface area contributed by atoms with Crippen LogP contribution >= 0.6 is 0 Å². The first kappa shape index (κ1) is 9.19. The first-order valence-electron chi connectivity index (χ1n) is 5.21. The van der Waals surface area contributed by atoms with Gasteiger partial charge in [0.15, 0.2) is 0 Å². The molecule has 0 aromatic rings. The molecule has 1 aliphatic carbocycles. The molecule has 1 unspecified atom stereocenters. The Bertz CT molecular complexity index is 185. The van der Waals surface area contributed by atoms with Crippen LogP contribution < -0.4 is 16.4 Å². The highest BCUT2D eigenvalue weighted by Gasteiger charge is 2.25. The second-order valence-electron chi connectivity index (χ2n) is 4.20. The van der Waals surface area contributed by atoms with Gasteiger partial charge in [-0.05, 0) is 25.3 Å². The molecule has 0 amide bonds. The third kappa shape index (κ3) is 2.53. The van der Waals surface area contributed by atoms with E-state index in [1.807, 2.05) is 0 Å². The Morgan fingerprint density at radius 2 is 2.31 bits per heavy atom. The van der Waals surface area contributed by atoms with Gasteiger partial charge in [-0.2, -0.15) is 0 Å². The van der Waals surface area contributed by atoms with Crippen LogP contribution in [0.15, 0.2) is 12.2 Å². The molecule has 0 aromatic heterocycles. The summed E-state index contributed by atoms with van der Waals surface area (Å²) in [6.45, 7) is 3.21. The van der Waals surface area contributed by atoms with Crippen LogP contribution in [0.3, 0.4) is 0 Å². The quantitative estimate of drug-likeness (QED) is 0.530. The molecule has 0 radical (unpaired) electrons. The van der Waals surface area contributed by atoms with E-state index in [4.69, 9.17) is 5.73 Å². The van der Waals surface area contributed by atoms with E-state index < -0.39 is 0 Å². The zero-order chi connectivity index (χ0) is 9.10. The molecular formula is C10H19N3. The second-order valence-corrected chi connectivity index (χ2v) is 4.20. The summed E-state index contributed by atoms with van der Waals surface area (Å²) in [6.07, 6.45) is 6.86. The van der Waals surface area contributed by atoms with Crippen LogP contribution in [0.2, 0.25) is 0 Å². The van der Waals surface area contributed by atoms with E-state index in [0.717, 1.165) is 25.6 Å². The van der Waals surface area contributed by atoms with Gasteiger partial charge in [0.1, 0.15) is 0 Å². The van der Waals surface area contributed by atoms with Gasteiger partial charge in [0.25, 0.3) is 0 Å². The van der Waals surface area contributed by atoms with Gasteiger partial charge in [-0.3, -0.25) is 0 Å². The van der Waals surface area contributed by atoms with Gasteiger partial charge in [-0.25, -0.2) is 0 Å². The molecule has 4 N–H and O–H groups in total. The second kappa shape index (κ2) is 4.22. The minimum absolute atomic E-state index is 0.479. The van der Waals surface area contributed by atoms with E-state index in [-0.39, 0.29) is 0 Å². The van der Waals surface area contributed by atoms with Crippen LogP contribution in [0.5, 0.6) is 0 Å². The Morgan fingerprint density at radius 3 is 2.92 bits per heavy atom. The largest absolute Gasteiger partial charge is 0.328 e. The molecule has 2 rings (SSSR count). The molecule has 13 heavy (non-hydrogen) atoms. The number of nitrogens with two attached hydrogens (primary N) is 1. The summed E-state index contributed by atoms with van der Waals surface area (Å²) in [6, 6.07) is 1.01. The number of nitrogens with one attached hydrogen (secondary N) is 2. The predicted octanol–water partition coefficient (Wildman–Crippen LogP) is -0.159. The Balaban J connectivity index is 1.62. The van der Waals surface area contributed by atoms with Crippen molar-refractivity contribution in [1.29, 1.82) is 0 Å². The lowest BCUT2D eigenvalue weighted by atomic mass is 9.81. The minimum atomic E-state index is 0.479. The smallest absolute Gasteiger partial charge is 0.0376 e. The maximum Gasteiger partial charge on any atom is 0.0376 e. The van der Waals surface area contributed by atoms with Crippen molar-refractivity contribution in [2.75, 3.05) is 19.6 Å². The van der Waals surface area contributed by atoms with Crippen LogP contribution in [0.25, 0.3) is 0 Å². The lowest BCUT2D eigenvalue weighted by molar-refractivity contribution is 0.251. The number of hydrogen-bond donors (Lipinski definition) is 3. The first-order valence-corrected chi connectivity index (χ1v) is 5.21. The first-order chi connectivity index (χ1) is 6.34. The van der Waals surface area contributed by atoms with Crippen LogP contribution in [0, 0.1) is 5.92 Å². The van der Waals surface area contributed by atoms with Gasteiger partial charge in [0.2, 0.25) is 0 Å². The Kier molecular flexibility index (Phi) is 2.98. The SMILES string of the molecule is NC1CC(CNC2C=CCNC2)C1. The molecular weight excluding hydrogens is 162 g/mol. The molecule has 1 saturated carbocycles. The summed E-state index contributed by atoms with van der Waals surface area (Å²) < 4.78 is 0. The lowest BCUT2D eigenvalue weighted by Crippen LogP contribution is -2.46. The Hall–Kier alpha value is -0.380. The third-order valence-corrected chi connectivity index (χ3v) is 2.94. The summed E-state index contributed by atoms with van der Waals surface area (Å²) in [5.74, 6) is 0.824. The summed E-state index contributed by atoms with van der Waals surface area (Å²) >= 11 is 0. The van der Waals surface area contributed by atoms with E-state index in [0.29, 0.717) is 12.1 Å². The molecule has 1 aliphatic heterocycles. The van der Waals surface area contributed by atoms with Gasteiger partial charge in [-0.1, -0.05) is 12.2 Å². The van der Waals surface area contributed by atoms with Crippen molar-refractivity contribution < 1.29 is 0 Å². The number of hydrogen-bond acceptors (Lipinski definition) is 3. The monoisotopic (exact) mass is 181 g/mol. The van der Waals surface area contributed by atoms with Crippen LogP contribution in [0.1, 0.15) is 12.8 Å². The highest BCUT2D eigenvalue weighted by molar-refractivity contribution is 5.00. The van der Waals surface area contributed by atoms with Crippen molar-refractivity contribution in [2.24, 2.45) is 11.7 Å². The molecule has 0 saturated heterocycles. The van der Waals surface area contributed by atoms with Gasteiger partial charge in [0.05, 0.1) is 0 Å². The highest BCUT2D eigenvalue weighted by atomic mass is 15.0. The molecule has 2 aliphatic rings. The number of rotatable bonds is 3. The summed E-state index contributed by atoms with van der Waals surface area (Å²) in [4.78, 5) is 0. The van der Waals surface area contributed by atoms with Crippen LogP contribution in [-0.4, -0.2) is 31.7 Å². The van der Waals surface area contributed by atoms with Crippen molar-refractivity contribution in [1.82, 2.24) is 10.6 Å². The maximum atomic E-state index is 5.72. The average Bonchev–Trinajstić information content (AvgIpc) is 2.12. The van der Waals surface area contributed by atoms with Crippen molar-refractivity contribution in [3.8, 4) is 0 Å². The van der Waals surface area contributed by atoms with Gasteiger partial charge in [0, 0.05) is 25.2 Å². The molecule has 0 bridgehead atoms. The topological polar surface area (TPSA) is 50.1 Å². The normalized spacial score (nSPS) is 38.7. The van der Waals surface area contributed by atoms with E-state index in [2.05, 4.69) is 22.8 Å². The van der Waals surface area contributed by atoms with Gasteiger partial charge >= 0.3 is 0 Å². The van der Waals surface area contributed by atoms with Crippen LogP contribution in [-0.2, 0) is 0 Å². The zero-order valence-corrected chi connectivity index (χ0v) is 8.00. The van der Waals surface area contributed by atoms with E-state index in [1.54, 1.807) is 0 Å². The highest BCUT2D eigenvalue weighted by Crippen LogP contribution is 2.24. The fourth-order valence-corrected chi connectivity index (χ4v) is 2.03. The molecule has 0 spiro atoms. The molecule has 1 fully saturated rings. The van der Waals surface area contributed by atoms with Gasteiger partial charge in [-0.15, -0.1) is 0 Å². The summed E-state index contributed by atoms with van der Waals surface area (Å²) in [7, 11) is 0. The summed E-state index contributed by atoms with van der Waals surface area (Å²) in [5.41, 5.74) is 5.72. The zero-order valence-electron chi connectivity index (χ0n) is 8.00. The van der Waals surface area contributed by atoms with Crippen molar-refractivity contribution in [3.05, 3.63) is 12.2 Å². The Labute approximate surface area is 79.8 Å². The van der Waals surface area contributed by atoms with Crippen molar-refractivity contribution >= 4 is 0 Å². The molecule has 1 heterocycles. The predicted molar refractivity (Wildman–Crippen MR) is 54.5 cm³/mol. The fraction of sp³-hybridized carbons (Fsp3) is 0.800. The maximum absolute atomic E-state index is 5.72. The van der Waals surface area contributed by atoms with Crippen molar-refractivity contribution in [2.45, 2.75) is 24.9 Å². The average molecular weight is 181 g/mol. The fourth-order valence-electron chi connectivity index (χ4n) is 2.03. The minimum Gasteiger partial charge on any atom is -0.328 e. The standard InChI is InChI=1S/C10H19N3/c11-9-4-8(5-9)6-13-10-2-1-3-12-7-10/h1-2,8-10,12-13H,3-7,11H2. The van der Waals surface area contributed by atoms with Crippen LogP contribution in [0.4, 0.5) is 0 Å². The molecule has 1 atom stereocenters. The molecule has 74 valence electrons. The molecule has 3 nitrogen and oxygen atoms in total. The van der Waals surface area contributed by atoms with E-state index >= 15 is 0 Å². The Morgan fingerprint density at radius 1 is 1.46 bits per heavy atom. The van der Waals surface area contributed by atoms with E-state index in [9.17, 15) is 0 Å². The molecule has 0 aromatic carbocycles. The summed E-state index contributed by atoms with van der Waals surface area (Å²) in [5, 5.41) is 6.87. The van der Waals surface area contributed by atoms with Crippen molar-refractivity contribution in [3.63, 3.8) is 0 Å². The van der Waals surface area contributed by atoms with E-state index in [1.165, 1.54) is 12.8 Å². The lowest BCUT2D eigenvalue weighted by Gasteiger charge is -2.33. The molecule has 3 heteroatoms.